The van der Waals surface area contributed by atoms with Gasteiger partial charge < -0.3 is 15.5 Å². The van der Waals surface area contributed by atoms with Crippen molar-refractivity contribution in [2.24, 2.45) is 4.99 Å². The molecule has 0 bridgehead atoms. The number of aromatic nitrogens is 1. The molecule has 5 nitrogen and oxygen atoms in total. The van der Waals surface area contributed by atoms with E-state index in [2.05, 4.69) is 69.7 Å². The second-order valence-corrected chi connectivity index (χ2v) is 7.70. The Bertz CT molecular complexity index is 688. The maximum atomic E-state index is 4.57. The van der Waals surface area contributed by atoms with Crippen LogP contribution in [0.1, 0.15) is 28.4 Å². The van der Waals surface area contributed by atoms with Crippen LogP contribution in [0.4, 0.5) is 5.69 Å². The van der Waals surface area contributed by atoms with Gasteiger partial charge in [0.25, 0.3) is 0 Å². The Labute approximate surface area is 177 Å². The number of halogens is 1. The Kier molecular flexibility index (Phi) is 8.15. The van der Waals surface area contributed by atoms with Crippen LogP contribution in [0, 0.1) is 13.8 Å². The molecular weight excluding hydrogens is 457 g/mol. The maximum absolute atomic E-state index is 4.57. The number of piperidine rings is 1. The highest BCUT2D eigenvalue weighted by Crippen LogP contribution is 2.19. The summed E-state index contributed by atoms with van der Waals surface area (Å²) in [5, 5.41) is 8.06. The van der Waals surface area contributed by atoms with Crippen molar-refractivity contribution in [2.75, 3.05) is 25.0 Å². The van der Waals surface area contributed by atoms with Gasteiger partial charge in [-0.15, -0.1) is 35.3 Å². The van der Waals surface area contributed by atoms with Crippen LogP contribution >= 0.6 is 35.3 Å². The second-order valence-electron chi connectivity index (χ2n) is 6.42. The number of benzene rings is 1. The van der Waals surface area contributed by atoms with Crippen molar-refractivity contribution in [3.8, 4) is 0 Å². The Morgan fingerprint density at radius 2 is 1.92 bits per heavy atom. The first-order valence-electron chi connectivity index (χ1n) is 8.86. The van der Waals surface area contributed by atoms with Gasteiger partial charge in [0.2, 0.25) is 0 Å². The molecule has 0 radical (unpaired) electrons. The van der Waals surface area contributed by atoms with E-state index >= 15 is 0 Å². The third-order valence-corrected chi connectivity index (χ3v) is 5.73. The number of hydrogen-bond acceptors (Lipinski definition) is 4. The van der Waals surface area contributed by atoms with E-state index in [4.69, 9.17) is 0 Å². The molecule has 0 saturated carbocycles. The number of thiazole rings is 1. The summed E-state index contributed by atoms with van der Waals surface area (Å²) in [6, 6.07) is 11.1. The van der Waals surface area contributed by atoms with Crippen LogP contribution < -0.4 is 15.5 Å². The minimum Gasteiger partial charge on any atom is -0.371 e. The molecule has 1 aliphatic rings. The fraction of sp³-hybridized carbons (Fsp3) is 0.474. The lowest BCUT2D eigenvalue weighted by molar-refractivity contribution is 0.461. The molecule has 2 heterocycles. The molecule has 0 atom stereocenters. The number of anilines is 1. The molecule has 142 valence electrons. The van der Waals surface area contributed by atoms with Gasteiger partial charge in [-0.2, -0.15) is 0 Å². The van der Waals surface area contributed by atoms with Gasteiger partial charge in [0.1, 0.15) is 5.01 Å². The zero-order valence-electron chi connectivity index (χ0n) is 15.7. The van der Waals surface area contributed by atoms with E-state index in [1.807, 2.05) is 7.05 Å². The van der Waals surface area contributed by atoms with Crippen LogP contribution in [0.3, 0.4) is 0 Å². The van der Waals surface area contributed by atoms with E-state index in [-0.39, 0.29) is 24.0 Å². The summed E-state index contributed by atoms with van der Waals surface area (Å²) >= 11 is 1.75. The summed E-state index contributed by atoms with van der Waals surface area (Å²) in [7, 11) is 1.83. The summed E-state index contributed by atoms with van der Waals surface area (Å²) in [5.41, 5.74) is 2.44. The Morgan fingerprint density at radius 3 is 2.50 bits per heavy atom. The van der Waals surface area contributed by atoms with Crippen LogP contribution in [0.25, 0.3) is 0 Å². The van der Waals surface area contributed by atoms with Crippen molar-refractivity contribution in [1.82, 2.24) is 15.6 Å². The van der Waals surface area contributed by atoms with Gasteiger partial charge in [0.05, 0.1) is 12.2 Å². The molecule has 7 heteroatoms. The molecule has 3 rings (SSSR count). The number of guanidine groups is 1. The number of para-hydroxylation sites is 1. The molecule has 2 aromatic rings. The third-order valence-electron chi connectivity index (χ3n) is 4.66. The van der Waals surface area contributed by atoms with Crippen molar-refractivity contribution in [2.45, 2.75) is 39.3 Å². The minimum absolute atomic E-state index is 0. The highest BCUT2D eigenvalue weighted by atomic mass is 127. The van der Waals surface area contributed by atoms with Crippen LogP contribution in [0.2, 0.25) is 0 Å². The standard InChI is InChI=1S/C19H27N5S.HI/c1-14-15(2)25-18(22-14)13-21-19(20-3)23-16-9-11-24(12-10-16)17-7-5-4-6-8-17;/h4-8,16H,9-13H2,1-3H3,(H2,20,21,23);1H. The molecule has 0 unspecified atom stereocenters. The van der Waals surface area contributed by atoms with Crippen molar-refractivity contribution in [1.29, 1.82) is 0 Å². The summed E-state index contributed by atoms with van der Waals surface area (Å²) in [5.74, 6) is 0.865. The van der Waals surface area contributed by atoms with Crippen molar-refractivity contribution in [3.05, 3.63) is 45.9 Å². The first-order valence-corrected chi connectivity index (χ1v) is 9.67. The molecule has 1 aromatic heterocycles. The van der Waals surface area contributed by atoms with Crippen molar-refractivity contribution < 1.29 is 0 Å². The fourth-order valence-electron chi connectivity index (χ4n) is 3.08. The Hall–Kier alpha value is -1.35. The van der Waals surface area contributed by atoms with E-state index in [9.17, 15) is 0 Å². The first kappa shape index (κ1) is 21.0. The zero-order valence-corrected chi connectivity index (χ0v) is 18.8. The van der Waals surface area contributed by atoms with E-state index in [0.29, 0.717) is 6.04 Å². The lowest BCUT2D eigenvalue weighted by Crippen LogP contribution is -2.48. The maximum Gasteiger partial charge on any atom is 0.191 e. The van der Waals surface area contributed by atoms with E-state index in [1.165, 1.54) is 10.6 Å². The SMILES string of the molecule is CN=C(NCc1nc(C)c(C)s1)NC1CCN(c2ccccc2)CC1.I. The van der Waals surface area contributed by atoms with Gasteiger partial charge in [-0.1, -0.05) is 18.2 Å². The molecule has 0 amide bonds. The highest BCUT2D eigenvalue weighted by Gasteiger charge is 2.20. The number of aliphatic imine (C=N–C) groups is 1. The van der Waals surface area contributed by atoms with Crippen molar-refractivity contribution >= 4 is 47.0 Å². The summed E-state index contributed by atoms with van der Waals surface area (Å²) in [6.45, 7) is 7.04. The Morgan fingerprint density at radius 1 is 1.23 bits per heavy atom. The fourth-order valence-corrected chi connectivity index (χ4v) is 3.96. The van der Waals surface area contributed by atoms with Crippen LogP contribution in [0.5, 0.6) is 0 Å². The van der Waals surface area contributed by atoms with E-state index in [0.717, 1.165) is 49.1 Å². The predicted octanol–water partition coefficient (Wildman–Crippen LogP) is 3.71. The average Bonchev–Trinajstić information content (AvgIpc) is 2.97. The molecule has 1 saturated heterocycles. The number of aryl methyl sites for hydroxylation is 2. The largest absolute Gasteiger partial charge is 0.371 e. The average molecular weight is 485 g/mol. The van der Waals surface area contributed by atoms with Crippen molar-refractivity contribution in [3.63, 3.8) is 0 Å². The van der Waals surface area contributed by atoms with E-state index < -0.39 is 0 Å². The quantitative estimate of drug-likeness (QED) is 0.394. The number of nitrogens with zero attached hydrogens (tertiary/aromatic N) is 3. The predicted molar refractivity (Wildman–Crippen MR) is 122 cm³/mol. The minimum atomic E-state index is 0. The van der Waals surface area contributed by atoms with Gasteiger partial charge >= 0.3 is 0 Å². The molecular formula is C19H28IN5S. The molecule has 26 heavy (non-hydrogen) atoms. The molecule has 0 spiro atoms. The molecule has 1 fully saturated rings. The van der Waals surface area contributed by atoms with E-state index in [1.54, 1.807) is 11.3 Å². The van der Waals surface area contributed by atoms with Crippen LogP contribution in [0.15, 0.2) is 35.3 Å². The number of nitrogens with one attached hydrogen (secondary N) is 2. The molecule has 1 aliphatic heterocycles. The topological polar surface area (TPSA) is 52.6 Å². The summed E-state index contributed by atoms with van der Waals surface area (Å²) in [6.07, 6.45) is 2.23. The lowest BCUT2D eigenvalue weighted by Gasteiger charge is -2.34. The van der Waals surface area contributed by atoms with Gasteiger partial charge in [-0.25, -0.2) is 4.98 Å². The molecule has 0 aliphatic carbocycles. The molecule has 2 N–H and O–H groups in total. The lowest BCUT2D eigenvalue weighted by atomic mass is 10.0. The zero-order chi connectivity index (χ0) is 17.6. The molecule has 1 aromatic carbocycles. The van der Waals surface area contributed by atoms with Crippen LogP contribution in [-0.2, 0) is 6.54 Å². The van der Waals surface area contributed by atoms with Gasteiger partial charge in [-0.3, -0.25) is 4.99 Å². The number of hydrogen-bond donors (Lipinski definition) is 2. The van der Waals surface area contributed by atoms with Crippen LogP contribution in [-0.4, -0.2) is 37.1 Å². The summed E-state index contributed by atoms with van der Waals surface area (Å²) < 4.78 is 0. The third kappa shape index (κ3) is 5.57. The monoisotopic (exact) mass is 485 g/mol. The number of rotatable bonds is 4. The smallest absolute Gasteiger partial charge is 0.191 e. The van der Waals surface area contributed by atoms with Gasteiger partial charge in [0, 0.05) is 36.7 Å². The van der Waals surface area contributed by atoms with Gasteiger partial charge in [-0.05, 0) is 38.8 Å². The Balaban J connectivity index is 0.00000243. The van der Waals surface area contributed by atoms with Gasteiger partial charge in [0.15, 0.2) is 5.96 Å². The highest BCUT2D eigenvalue weighted by molar-refractivity contribution is 14.0. The first-order chi connectivity index (χ1) is 12.2. The summed E-state index contributed by atoms with van der Waals surface area (Å²) in [4.78, 5) is 12.7. The normalized spacial score (nSPS) is 15.5. The second kappa shape index (κ2) is 10.1.